The summed E-state index contributed by atoms with van der Waals surface area (Å²) in [6, 6.07) is 9.42. The van der Waals surface area contributed by atoms with Gasteiger partial charge in [-0.25, -0.2) is 0 Å². The number of piperidine rings is 1. The zero-order valence-corrected chi connectivity index (χ0v) is 11.5. The SMILES string of the molecule is CN1[C@H]2CC[C@@H]1[C@@H](CO)[C@@H](c1ccc(Cl)cc1)C2. The fraction of sp³-hybridized carbons (Fsp3) is 0.600. The maximum absolute atomic E-state index is 9.76. The number of halogens is 1. The maximum atomic E-state index is 9.76. The smallest absolute Gasteiger partial charge is 0.0480 e. The quantitative estimate of drug-likeness (QED) is 0.889. The van der Waals surface area contributed by atoms with Gasteiger partial charge in [-0.15, -0.1) is 0 Å². The summed E-state index contributed by atoms with van der Waals surface area (Å²) < 4.78 is 0. The second kappa shape index (κ2) is 4.84. The fourth-order valence-corrected chi connectivity index (χ4v) is 4.05. The van der Waals surface area contributed by atoms with Crippen molar-refractivity contribution in [1.29, 1.82) is 0 Å². The molecule has 0 spiro atoms. The van der Waals surface area contributed by atoms with Gasteiger partial charge in [-0.1, -0.05) is 23.7 Å². The highest BCUT2D eigenvalue weighted by Crippen LogP contribution is 2.45. The second-order valence-electron chi connectivity index (χ2n) is 5.70. The fourth-order valence-electron chi connectivity index (χ4n) is 3.92. The van der Waals surface area contributed by atoms with Crippen LogP contribution in [0.1, 0.15) is 30.7 Å². The molecule has 0 radical (unpaired) electrons. The highest BCUT2D eigenvalue weighted by Gasteiger charge is 2.45. The Morgan fingerprint density at radius 3 is 2.67 bits per heavy atom. The van der Waals surface area contributed by atoms with Gasteiger partial charge < -0.3 is 10.0 Å². The van der Waals surface area contributed by atoms with Crippen molar-refractivity contribution in [1.82, 2.24) is 4.90 Å². The minimum atomic E-state index is 0.287. The lowest BCUT2D eigenvalue weighted by molar-refractivity contribution is 0.0592. The first kappa shape index (κ1) is 12.5. The van der Waals surface area contributed by atoms with Gasteiger partial charge in [-0.3, -0.25) is 0 Å². The van der Waals surface area contributed by atoms with Crippen molar-refractivity contribution in [2.75, 3.05) is 13.7 Å². The normalized spacial score (nSPS) is 35.9. The molecule has 0 unspecified atom stereocenters. The molecule has 1 N–H and O–H groups in total. The Bertz CT molecular complexity index is 419. The van der Waals surface area contributed by atoms with Crippen LogP contribution in [-0.4, -0.2) is 35.7 Å². The summed E-state index contributed by atoms with van der Waals surface area (Å²) >= 11 is 5.96. The van der Waals surface area contributed by atoms with Gasteiger partial charge in [0.05, 0.1) is 0 Å². The van der Waals surface area contributed by atoms with Gasteiger partial charge in [0.25, 0.3) is 0 Å². The second-order valence-corrected chi connectivity index (χ2v) is 6.14. The summed E-state index contributed by atoms with van der Waals surface area (Å²) in [5.74, 6) is 0.857. The van der Waals surface area contributed by atoms with Crippen molar-refractivity contribution in [2.24, 2.45) is 5.92 Å². The molecule has 0 amide bonds. The Morgan fingerprint density at radius 2 is 2.00 bits per heavy atom. The van der Waals surface area contributed by atoms with Crippen molar-refractivity contribution >= 4 is 11.6 Å². The van der Waals surface area contributed by atoms with Crippen molar-refractivity contribution in [3.05, 3.63) is 34.9 Å². The molecule has 2 heterocycles. The van der Waals surface area contributed by atoms with E-state index in [1.807, 2.05) is 12.1 Å². The van der Waals surface area contributed by atoms with Gasteiger partial charge in [0.2, 0.25) is 0 Å². The largest absolute Gasteiger partial charge is 0.396 e. The molecule has 0 saturated carbocycles. The molecule has 1 aromatic rings. The van der Waals surface area contributed by atoms with Gasteiger partial charge in [-0.2, -0.15) is 0 Å². The molecule has 2 saturated heterocycles. The predicted molar refractivity (Wildman–Crippen MR) is 74.0 cm³/mol. The monoisotopic (exact) mass is 265 g/mol. The molecule has 3 rings (SSSR count). The van der Waals surface area contributed by atoms with Crippen LogP contribution in [0.2, 0.25) is 5.02 Å². The summed E-state index contributed by atoms with van der Waals surface area (Å²) in [6.45, 7) is 0.287. The van der Waals surface area contributed by atoms with Crippen molar-refractivity contribution in [2.45, 2.75) is 37.3 Å². The zero-order chi connectivity index (χ0) is 12.7. The molecule has 2 fully saturated rings. The molecule has 18 heavy (non-hydrogen) atoms. The van der Waals surface area contributed by atoms with E-state index in [1.54, 1.807) is 0 Å². The summed E-state index contributed by atoms with van der Waals surface area (Å²) in [6.07, 6.45) is 3.68. The van der Waals surface area contributed by atoms with Crippen molar-refractivity contribution < 1.29 is 5.11 Å². The lowest BCUT2D eigenvalue weighted by Gasteiger charge is -2.42. The van der Waals surface area contributed by atoms with E-state index in [4.69, 9.17) is 11.6 Å². The van der Waals surface area contributed by atoms with E-state index in [9.17, 15) is 5.11 Å². The summed E-state index contributed by atoms with van der Waals surface area (Å²) in [4.78, 5) is 2.48. The van der Waals surface area contributed by atoms with Crippen LogP contribution in [0.15, 0.2) is 24.3 Å². The van der Waals surface area contributed by atoms with Crippen LogP contribution in [0.5, 0.6) is 0 Å². The molecule has 1 aromatic carbocycles. The number of nitrogens with zero attached hydrogens (tertiary/aromatic N) is 1. The Balaban J connectivity index is 1.89. The van der Waals surface area contributed by atoms with Crippen LogP contribution in [0.25, 0.3) is 0 Å². The van der Waals surface area contributed by atoms with Crippen LogP contribution >= 0.6 is 11.6 Å². The number of rotatable bonds is 2. The first-order valence-corrected chi connectivity index (χ1v) is 7.16. The number of hydrogen-bond acceptors (Lipinski definition) is 2. The molecule has 0 aromatic heterocycles. The number of fused-ring (bicyclic) bond motifs is 2. The molecule has 98 valence electrons. The lowest BCUT2D eigenvalue weighted by Crippen LogP contribution is -2.47. The zero-order valence-electron chi connectivity index (χ0n) is 10.7. The van der Waals surface area contributed by atoms with E-state index in [1.165, 1.54) is 24.8 Å². The Morgan fingerprint density at radius 1 is 1.28 bits per heavy atom. The van der Waals surface area contributed by atoms with Crippen LogP contribution < -0.4 is 0 Å². The van der Waals surface area contributed by atoms with Crippen LogP contribution in [-0.2, 0) is 0 Å². The van der Waals surface area contributed by atoms with Gasteiger partial charge in [0.1, 0.15) is 0 Å². The minimum absolute atomic E-state index is 0.287. The molecule has 0 aliphatic carbocycles. The average Bonchev–Trinajstić information content (AvgIpc) is 2.63. The standard InChI is InChI=1S/C15H20ClNO/c1-17-12-6-7-15(17)14(9-18)13(8-12)10-2-4-11(16)5-3-10/h2-5,12-15,18H,6-9H2,1H3/t12-,13+,14-,15+/m0/s1. The topological polar surface area (TPSA) is 23.5 Å². The van der Waals surface area contributed by atoms with Crippen LogP contribution in [0.3, 0.4) is 0 Å². The van der Waals surface area contributed by atoms with Crippen LogP contribution in [0, 0.1) is 5.92 Å². The molecule has 2 aliphatic rings. The van der Waals surface area contributed by atoms with E-state index in [-0.39, 0.29) is 6.61 Å². The van der Waals surface area contributed by atoms with E-state index in [0.717, 1.165) is 5.02 Å². The number of benzene rings is 1. The van der Waals surface area contributed by atoms with E-state index in [2.05, 4.69) is 24.1 Å². The van der Waals surface area contributed by atoms with E-state index < -0.39 is 0 Å². The lowest BCUT2D eigenvalue weighted by atomic mass is 9.76. The van der Waals surface area contributed by atoms with Gasteiger partial charge in [0.15, 0.2) is 0 Å². The summed E-state index contributed by atoms with van der Waals surface area (Å²) in [5, 5.41) is 10.5. The predicted octanol–water partition coefficient (Wildman–Crippen LogP) is 2.90. The maximum Gasteiger partial charge on any atom is 0.0480 e. The highest BCUT2D eigenvalue weighted by molar-refractivity contribution is 6.30. The highest BCUT2D eigenvalue weighted by atomic mass is 35.5. The van der Waals surface area contributed by atoms with Gasteiger partial charge >= 0.3 is 0 Å². The molecule has 2 bridgehead atoms. The Labute approximate surface area is 114 Å². The molecule has 2 nitrogen and oxygen atoms in total. The molecule has 3 heteroatoms. The molecule has 2 aliphatic heterocycles. The third-order valence-corrected chi connectivity index (χ3v) is 5.19. The third-order valence-electron chi connectivity index (χ3n) is 4.94. The van der Waals surface area contributed by atoms with E-state index in [0.29, 0.717) is 23.9 Å². The molecular weight excluding hydrogens is 246 g/mol. The third kappa shape index (κ3) is 1.97. The number of aliphatic hydroxyl groups is 1. The average molecular weight is 266 g/mol. The number of aliphatic hydroxyl groups excluding tert-OH is 1. The van der Waals surface area contributed by atoms with E-state index >= 15 is 0 Å². The first-order valence-electron chi connectivity index (χ1n) is 6.79. The Kier molecular flexibility index (Phi) is 3.35. The van der Waals surface area contributed by atoms with Gasteiger partial charge in [-0.05, 0) is 49.9 Å². The summed E-state index contributed by atoms with van der Waals surface area (Å²) in [5.41, 5.74) is 1.34. The minimum Gasteiger partial charge on any atom is -0.396 e. The molecule has 4 atom stereocenters. The summed E-state index contributed by atoms with van der Waals surface area (Å²) in [7, 11) is 2.21. The van der Waals surface area contributed by atoms with Crippen molar-refractivity contribution in [3.63, 3.8) is 0 Å². The first-order chi connectivity index (χ1) is 8.70. The molecular formula is C15H20ClNO. The van der Waals surface area contributed by atoms with Crippen LogP contribution in [0.4, 0.5) is 0 Å². The van der Waals surface area contributed by atoms with Crippen molar-refractivity contribution in [3.8, 4) is 0 Å². The Hall–Kier alpha value is -0.570. The number of hydrogen-bond donors (Lipinski definition) is 1. The van der Waals surface area contributed by atoms with Gasteiger partial charge in [0, 0.05) is 29.6 Å².